The van der Waals surface area contributed by atoms with Gasteiger partial charge in [0.25, 0.3) is 5.91 Å². The molecule has 182 valence electrons. The molecule has 0 radical (unpaired) electrons. The minimum absolute atomic E-state index is 0.202. The number of nitrogens with zero attached hydrogens (tertiary/aromatic N) is 7. The summed E-state index contributed by atoms with van der Waals surface area (Å²) in [5, 5.41) is 13.5. The second kappa shape index (κ2) is 9.75. The Balaban J connectivity index is 1.48. The van der Waals surface area contributed by atoms with Gasteiger partial charge in [-0.25, -0.2) is 9.97 Å². The Hall–Kier alpha value is -3.30. The van der Waals surface area contributed by atoms with Crippen LogP contribution in [0.5, 0.6) is 0 Å². The lowest BCUT2D eigenvalue weighted by Gasteiger charge is -2.18. The van der Waals surface area contributed by atoms with Crippen LogP contribution in [-0.4, -0.2) is 60.0 Å². The topological polar surface area (TPSA) is 93.8 Å². The fraction of sp³-hybridized carbons (Fsp3) is 0.400. The number of nitrogens with one attached hydrogen (secondary N) is 1. The maximum Gasteiger partial charge on any atom is 0.273 e. The van der Waals surface area contributed by atoms with Crippen molar-refractivity contribution in [1.82, 2.24) is 39.7 Å². The van der Waals surface area contributed by atoms with Crippen LogP contribution in [0.3, 0.4) is 0 Å². The molecule has 1 aromatic carbocycles. The first kappa shape index (κ1) is 23.4. The highest BCUT2D eigenvalue weighted by Gasteiger charge is 2.22. The number of benzene rings is 1. The molecule has 0 bridgehead atoms. The van der Waals surface area contributed by atoms with Gasteiger partial charge >= 0.3 is 0 Å². The Morgan fingerprint density at radius 1 is 1.26 bits per heavy atom. The van der Waals surface area contributed by atoms with Crippen molar-refractivity contribution in [2.24, 2.45) is 0 Å². The molecule has 9 nitrogen and oxygen atoms in total. The Kier molecular flexibility index (Phi) is 6.53. The Labute approximate surface area is 209 Å². The lowest BCUT2D eigenvalue weighted by atomic mass is 10.1. The van der Waals surface area contributed by atoms with Crippen molar-refractivity contribution in [1.29, 1.82) is 0 Å². The molecule has 1 fully saturated rings. The molecule has 3 aromatic heterocycles. The number of amides is 1. The van der Waals surface area contributed by atoms with E-state index >= 15 is 0 Å². The summed E-state index contributed by atoms with van der Waals surface area (Å²) in [6.07, 6.45) is 7.84. The third-order valence-electron chi connectivity index (χ3n) is 6.58. The van der Waals surface area contributed by atoms with Gasteiger partial charge in [-0.1, -0.05) is 11.6 Å². The quantitative estimate of drug-likeness (QED) is 0.423. The lowest BCUT2D eigenvalue weighted by Crippen LogP contribution is -2.28. The minimum atomic E-state index is -0.202. The van der Waals surface area contributed by atoms with E-state index in [0.29, 0.717) is 40.0 Å². The van der Waals surface area contributed by atoms with Crippen molar-refractivity contribution in [2.75, 3.05) is 13.6 Å². The molecule has 10 heteroatoms. The van der Waals surface area contributed by atoms with Gasteiger partial charge in [-0.2, -0.15) is 10.2 Å². The molecule has 1 aliphatic heterocycles. The molecule has 1 aliphatic rings. The highest BCUT2D eigenvalue weighted by molar-refractivity contribution is 6.31. The van der Waals surface area contributed by atoms with Gasteiger partial charge in [0, 0.05) is 54.0 Å². The zero-order chi connectivity index (χ0) is 24.5. The zero-order valence-electron chi connectivity index (χ0n) is 20.2. The third kappa shape index (κ3) is 4.78. The predicted molar refractivity (Wildman–Crippen MR) is 135 cm³/mol. The van der Waals surface area contributed by atoms with Gasteiger partial charge < -0.3 is 10.2 Å². The van der Waals surface area contributed by atoms with Crippen molar-refractivity contribution >= 4 is 28.4 Å². The molecule has 1 unspecified atom stereocenters. The van der Waals surface area contributed by atoms with E-state index < -0.39 is 0 Å². The normalized spacial score (nSPS) is 15.7. The second-order valence-electron chi connectivity index (χ2n) is 9.03. The van der Waals surface area contributed by atoms with Crippen LogP contribution < -0.4 is 5.32 Å². The van der Waals surface area contributed by atoms with E-state index in [-0.39, 0.29) is 5.91 Å². The molecule has 0 aliphatic carbocycles. The largest absolute Gasteiger partial charge is 0.336 e. The van der Waals surface area contributed by atoms with E-state index in [9.17, 15) is 4.79 Å². The molecular weight excluding hydrogens is 464 g/mol. The van der Waals surface area contributed by atoms with Crippen LogP contribution in [0.2, 0.25) is 5.02 Å². The molecular formula is C25H29ClN8O. The van der Waals surface area contributed by atoms with Crippen LogP contribution >= 0.6 is 11.6 Å². The van der Waals surface area contributed by atoms with E-state index in [1.165, 1.54) is 6.42 Å². The molecule has 1 amide bonds. The summed E-state index contributed by atoms with van der Waals surface area (Å²) in [7, 11) is 1.77. The fourth-order valence-corrected chi connectivity index (χ4v) is 4.75. The molecule has 0 spiro atoms. The maximum atomic E-state index is 13.6. The average Bonchev–Trinajstić information content (AvgIpc) is 3.61. The van der Waals surface area contributed by atoms with E-state index in [2.05, 4.69) is 15.5 Å². The zero-order valence-corrected chi connectivity index (χ0v) is 21.0. The fourth-order valence-electron chi connectivity index (χ4n) is 4.58. The van der Waals surface area contributed by atoms with Crippen molar-refractivity contribution in [3.63, 3.8) is 0 Å². The van der Waals surface area contributed by atoms with Crippen LogP contribution in [0.4, 0.5) is 0 Å². The first-order valence-electron chi connectivity index (χ1n) is 11.9. The molecule has 0 saturated carbocycles. The standard InChI is InChI=1S/C25H29ClN8O/c1-4-34-16(2)17(11-29-34)13-32(3)25(35)23-21-10-19(26)7-8-22(21)30-24(31-23)18-12-28-33(14-18)15-20-6-5-9-27-20/h7-8,10-12,14,20,27H,4-6,9,13,15H2,1-3H3. The number of hydrogen-bond donors (Lipinski definition) is 1. The van der Waals surface area contributed by atoms with Crippen LogP contribution in [0.15, 0.2) is 36.8 Å². The first-order valence-corrected chi connectivity index (χ1v) is 12.3. The SMILES string of the molecule is CCn1ncc(CN(C)C(=O)c2nc(-c3cnn(CC4CCCN4)c3)nc3ccc(Cl)cc23)c1C. The van der Waals surface area contributed by atoms with Crippen LogP contribution in [0.25, 0.3) is 22.3 Å². The van der Waals surface area contributed by atoms with Gasteiger partial charge in [-0.15, -0.1) is 0 Å². The number of aromatic nitrogens is 6. The van der Waals surface area contributed by atoms with E-state index in [0.717, 1.165) is 42.9 Å². The highest BCUT2D eigenvalue weighted by Crippen LogP contribution is 2.26. The van der Waals surface area contributed by atoms with E-state index in [1.807, 2.05) is 41.7 Å². The Morgan fingerprint density at radius 2 is 2.11 bits per heavy atom. The van der Waals surface area contributed by atoms with Crippen LogP contribution in [0.1, 0.15) is 41.5 Å². The lowest BCUT2D eigenvalue weighted by molar-refractivity contribution is 0.0781. The van der Waals surface area contributed by atoms with Crippen molar-refractivity contribution in [2.45, 2.75) is 52.4 Å². The number of rotatable bonds is 7. The van der Waals surface area contributed by atoms with Crippen molar-refractivity contribution < 1.29 is 4.79 Å². The summed E-state index contributed by atoms with van der Waals surface area (Å²) < 4.78 is 3.83. The summed E-state index contributed by atoms with van der Waals surface area (Å²) in [5.74, 6) is 0.268. The Morgan fingerprint density at radius 3 is 2.86 bits per heavy atom. The summed E-state index contributed by atoms with van der Waals surface area (Å²) in [4.78, 5) is 24.7. The molecule has 4 aromatic rings. The maximum absolute atomic E-state index is 13.6. The number of aryl methyl sites for hydroxylation is 1. The van der Waals surface area contributed by atoms with Gasteiger partial charge in [0.1, 0.15) is 5.69 Å². The molecule has 1 atom stereocenters. The number of carbonyl (C=O) groups excluding carboxylic acids is 1. The number of fused-ring (bicyclic) bond motifs is 1. The smallest absolute Gasteiger partial charge is 0.273 e. The van der Waals surface area contributed by atoms with E-state index in [1.54, 1.807) is 30.3 Å². The number of hydrogen-bond acceptors (Lipinski definition) is 6. The van der Waals surface area contributed by atoms with Crippen LogP contribution in [-0.2, 0) is 19.6 Å². The summed E-state index contributed by atoms with van der Waals surface area (Å²) in [5.41, 5.74) is 3.81. The molecule has 35 heavy (non-hydrogen) atoms. The third-order valence-corrected chi connectivity index (χ3v) is 6.82. The second-order valence-corrected chi connectivity index (χ2v) is 9.47. The molecule has 4 heterocycles. The monoisotopic (exact) mass is 492 g/mol. The molecule has 1 N–H and O–H groups in total. The molecule has 5 rings (SSSR count). The predicted octanol–water partition coefficient (Wildman–Crippen LogP) is 3.70. The Bertz CT molecular complexity index is 1370. The van der Waals surface area contributed by atoms with Gasteiger partial charge in [-0.3, -0.25) is 14.2 Å². The van der Waals surface area contributed by atoms with Gasteiger partial charge in [-0.05, 0) is 51.4 Å². The number of halogens is 1. The highest BCUT2D eigenvalue weighted by atomic mass is 35.5. The minimum Gasteiger partial charge on any atom is -0.336 e. The van der Waals surface area contributed by atoms with Crippen molar-refractivity contribution in [3.05, 3.63) is 58.8 Å². The summed E-state index contributed by atoms with van der Waals surface area (Å²) >= 11 is 6.27. The average molecular weight is 493 g/mol. The van der Waals surface area contributed by atoms with Crippen LogP contribution in [0, 0.1) is 6.92 Å². The number of carbonyl (C=O) groups is 1. The summed E-state index contributed by atoms with van der Waals surface area (Å²) in [6, 6.07) is 5.77. The van der Waals surface area contributed by atoms with Gasteiger partial charge in [0.05, 0.1) is 30.0 Å². The van der Waals surface area contributed by atoms with Gasteiger partial charge in [0.15, 0.2) is 5.82 Å². The van der Waals surface area contributed by atoms with Crippen molar-refractivity contribution in [3.8, 4) is 11.4 Å². The molecule has 1 saturated heterocycles. The van der Waals surface area contributed by atoms with Gasteiger partial charge in [0.2, 0.25) is 0 Å². The summed E-state index contributed by atoms with van der Waals surface area (Å²) in [6.45, 7) is 7.12. The first-order chi connectivity index (χ1) is 16.9. The van der Waals surface area contributed by atoms with E-state index in [4.69, 9.17) is 21.6 Å².